The number of aryl methyl sites for hydroxylation is 1. The third-order valence-electron chi connectivity index (χ3n) is 5.19. The summed E-state index contributed by atoms with van der Waals surface area (Å²) in [6.45, 7) is 8.06. The van der Waals surface area contributed by atoms with E-state index in [1.807, 2.05) is 6.20 Å². The molecule has 24 heavy (non-hydrogen) atoms. The average molecular weight is 326 g/mol. The first-order valence-electron chi connectivity index (χ1n) is 8.45. The minimum absolute atomic E-state index is 0.0256. The summed E-state index contributed by atoms with van der Waals surface area (Å²) in [5.41, 5.74) is 1.12. The minimum Gasteiger partial charge on any atom is -0.356 e. The molecule has 0 saturated carbocycles. The molecule has 7 heteroatoms. The molecule has 2 aliphatic heterocycles. The number of likely N-dealkylation sites (tertiary alicyclic amines) is 1. The second-order valence-corrected chi connectivity index (χ2v) is 6.82. The predicted molar refractivity (Wildman–Crippen MR) is 90.9 cm³/mol. The average Bonchev–Trinajstić information content (AvgIpc) is 3.13. The third kappa shape index (κ3) is 2.91. The summed E-state index contributed by atoms with van der Waals surface area (Å²) in [5, 5.41) is 0. The minimum atomic E-state index is -0.0256. The van der Waals surface area contributed by atoms with Crippen LogP contribution in [0, 0.1) is 18.8 Å². The maximum Gasteiger partial charge on any atom is 0.269 e. The monoisotopic (exact) mass is 326 g/mol. The summed E-state index contributed by atoms with van der Waals surface area (Å²) in [6, 6.07) is 0. The van der Waals surface area contributed by atoms with E-state index in [4.69, 9.17) is 0 Å². The summed E-state index contributed by atoms with van der Waals surface area (Å²) in [6.07, 6.45) is 8.33. The van der Waals surface area contributed by atoms with E-state index in [-0.39, 0.29) is 5.56 Å². The van der Waals surface area contributed by atoms with Crippen LogP contribution >= 0.6 is 0 Å². The molecule has 0 bridgehead atoms. The van der Waals surface area contributed by atoms with E-state index >= 15 is 0 Å². The number of fused-ring (bicyclic) bond motifs is 1. The summed E-state index contributed by atoms with van der Waals surface area (Å²) in [7, 11) is 0. The Balaban J connectivity index is 1.34. The van der Waals surface area contributed by atoms with Gasteiger partial charge in [0, 0.05) is 63.4 Å². The highest BCUT2D eigenvalue weighted by Gasteiger charge is 2.40. The van der Waals surface area contributed by atoms with E-state index in [1.54, 1.807) is 23.3 Å². The number of rotatable bonds is 4. The Labute approximate surface area is 141 Å². The lowest BCUT2D eigenvalue weighted by Crippen LogP contribution is -2.33. The molecule has 0 N–H and O–H groups in total. The molecule has 2 fully saturated rings. The molecule has 4 rings (SSSR count). The first-order chi connectivity index (χ1) is 11.7. The van der Waals surface area contributed by atoms with Crippen LogP contribution in [0.3, 0.4) is 0 Å². The van der Waals surface area contributed by atoms with Crippen LogP contribution in [0.4, 0.5) is 5.82 Å². The maximum absolute atomic E-state index is 11.7. The van der Waals surface area contributed by atoms with Crippen LogP contribution in [0.2, 0.25) is 0 Å². The fraction of sp³-hybridized carbons (Fsp3) is 0.529. The molecule has 2 saturated heterocycles. The van der Waals surface area contributed by atoms with Gasteiger partial charge in [0.25, 0.3) is 5.56 Å². The molecular formula is C17H22N6O. The van der Waals surface area contributed by atoms with Gasteiger partial charge in [-0.2, -0.15) is 0 Å². The fourth-order valence-electron chi connectivity index (χ4n) is 3.98. The Hall–Kier alpha value is -2.28. The molecular weight excluding hydrogens is 304 g/mol. The van der Waals surface area contributed by atoms with Crippen LogP contribution in [0.1, 0.15) is 5.56 Å². The molecule has 0 aromatic carbocycles. The van der Waals surface area contributed by atoms with Gasteiger partial charge < -0.3 is 14.4 Å². The van der Waals surface area contributed by atoms with Crippen LogP contribution < -0.4 is 10.5 Å². The second kappa shape index (κ2) is 6.32. The van der Waals surface area contributed by atoms with Crippen molar-refractivity contribution in [2.24, 2.45) is 11.8 Å². The van der Waals surface area contributed by atoms with Crippen LogP contribution in [-0.4, -0.2) is 57.1 Å². The maximum atomic E-state index is 11.7. The molecule has 126 valence electrons. The van der Waals surface area contributed by atoms with Crippen molar-refractivity contribution in [2.75, 3.05) is 37.6 Å². The standard InChI is InChI=1S/C17H22N6O/c1-13-6-19-12-20-17(13)23-10-14-8-21(9-15(14)11-23)4-5-22-3-2-18-7-16(22)24/h2-3,6-7,12,14-15H,4-5,8-11H2,1H3. The zero-order valence-corrected chi connectivity index (χ0v) is 13.9. The quantitative estimate of drug-likeness (QED) is 0.811. The zero-order chi connectivity index (χ0) is 16.5. The summed E-state index contributed by atoms with van der Waals surface area (Å²) < 4.78 is 1.73. The number of hydrogen-bond acceptors (Lipinski definition) is 6. The molecule has 0 radical (unpaired) electrons. The number of anilines is 1. The van der Waals surface area contributed by atoms with E-state index in [1.165, 1.54) is 6.20 Å². The molecule has 0 amide bonds. The highest BCUT2D eigenvalue weighted by Crippen LogP contribution is 2.33. The van der Waals surface area contributed by atoms with Gasteiger partial charge in [-0.15, -0.1) is 0 Å². The van der Waals surface area contributed by atoms with Gasteiger partial charge >= 0.3 is 0 Å². The first-order valence-corrected chi connectivity index (χ1v) is 8.45. The Morgan fingerprint density at radius 2 is 1.88 bits per heavy atom. The normalized spacial score (nSPS) is 23.6. The van der Waals surface area contributed by atoms with Gasteiger partial charge in [0.2, 0.25) is 0 Å². The van der Waals surface area contributed by atoms with E-state index in [2.05, 4.69) is 31.7 Å². The Morgan fingerprint density at radius 3 is 2.58 bits per heavy atom. The van der Waals surface area contributed by atoms with E-state index in [9.17, 15) is 4.79 Å². The summed E-state index contributed by atoms with van der Waals surface area (Å²) in [5.74, 6) is 2.45. The van der Waals surface area contributed by atoms with Gasteiger partial charge in [-0.1, -0.05) is 0 Å². The number of nitrogens with zero attached hydrogens (tertiary/aromatic N) is 6. The van der Waals surface area contributed by atoms with Crippen LogP contribution in [0.25, 0.3) is 0 Å². The van der Waals surface area contributed by atoms with Gasteiger partial charge in [0.15, 0.2) is 0 Å². The first kappa shape index (κ1) is 15.3. The SMILES string of the molecule is Cc1cncnc1N1CC2CN(CCn3ccncc3=O)CC2C1. The molecule has 2 aromatic heterocycles. The van der Waals surface area contributed by atoms with Crippen molar-refractivity contribution in [3.05, 3.63) is 47.0 Å². The molecule has 2 aliphatic rings. The fourth-order valence-corrected chi connectivity index (χ4v) is 3.98. The van der Waals surface area contributed by atoms with Crippen molar-refractivity contribution in [2.45, 2.75) is 13.5 Å². The Bertz CT molecular complexity index is 761. The van der Waals surface area contributed by atoms with Crippen molar-refractivity contribution in [3.8, 4) is 0 Å². The zero-order valence-electron chi connectivity index (χ0n) is 13.9. The van der Waals surface area contributed by atoms with Crippen molar-refractivity contribution in [3.63, 3.8) is 0 Å². The van der Waals surface area contributed by atoms with Gasteiger partial charge in [-0.05, 0) is 18.8 Å². The van der Waals surface area contributed by atoms with Crippen LogP contribution in [0.5, 0.6) is 0 Å². The third-order valence-corrected chi connectivity index (χ3v) is 5.19. The lowest BCUT2D eigenvalue weighted by Gasteiger charge is -2.23. The van der Waals surface area contributed by atoms with Gasteiger partial charge in [0.05, 0.1) is 6.20 Å². The van der Waals surface area contributed by atoms with Gasteiger partial charge in [0.1, 0.15) is 12.1 Å². The molecule has 2 unspecified atom stereocenters. The molecule has 7 nitrogen and oxygen atoms in total. The van der Waals surface area contributed by atoms with E-state index in [0.717, 1.165) is 50.6 Å². The molecule has 4 heterocycles. The topological polar surface area (TPSA) is 67.2 Å². The predicted octanol–water partition coefficient (Wildman–Crippen LogP) is 0.410. The van der Waals surface area contributed by atoms with Gasteiger partial charge in [-0.25, -0.2) is 9.97 Å². The van der Waals surface area contributed by atoms with Crippen molar-refractivity contribution in [1.82, 2.24) is 24.4 Å². The van der Waals surface area contributed by atoms with E-state index < -0.39 is 0 Å². The smallest absolute Gasteiger partial charge is 0.269 e. The molecule has 2 atom stereocenters. The van der Waals surface area contributed by atoms with Crippen molar-refractivity contribution < 1.29 is 0 Å². The summed E-state index contributed by atoms with van der Waals surface area (Å²) >= 11 is 0. The lowest BCUT2D eigenvalue weighted by molar-refractivity contribution is 0.300. The van der Waals surface area contributed by atoms with Crippen molar-refractivity contribution >= 4 is 5.82 Å². The molecule has 0 spiro atoms. The van der Waals surface area contributed by atoms with Gasteiger partial charge in [-0.3, -0.25) is 9.78 Å². The highest BCUT2D eigenvalue weighted by atomic mass is 16.1. The highest BCUT2D eigenvalue weighted by molar-refractivity contribution is 5.46. The van der Waals surface area contributed by atoms with Crippen LogP contribution in [-0.2, 0) is 6.54 Å². The van der Waals surface area contributed by atoms with Crippen molar-refractivity contribution in [1.29, 1.82) is 0 Å². The second-order valence-electron chi connectivity index (χ2n) is 6.82. The number of aromatic nitrogens is 4. The number of hydrogen-bond donors (Lipinski definition) is 0. The lowest BCUT2D eigenvalue weighted by atomic mass is 10.0. The van der Waals surface area contributed by atoms with E-state index in [0.29, 0.717) is 11.8 Å². The Morgan fingerprint density at radius 1 is 1.08 bits per heavy atom. The summed E-state index contributed by atoms with van der Waals surface area (Å²) in [4.78, 5) is 29.0. The molecule has 0 aliphatic carbocycles. The largest absolute Gasteiger partial charge is 0.356 e. The molecule has 2 aromatic rings. The van der Waals surface area contributed by atoms with Crippen LogP contribution in [0.15, 0.2) is 35.9 Å². The Kier molecular flexibility index (Phi) is 4.02.